The monoisotopic (exact) mass is 403 g/mol. The number of benzene rings is 1. The number of hydrogen-bond acceptors (Lipinski definition) is 6. The summed E-state index contributed by atoms with van der Waals surface area (Å²) in [6.07, 6.45) is 1.34. The van der Waals surface area contributed by atoms with Crippen molar-refractivity contribution < 1.29 is 29.0 Å². The van der Waals surface area contributed by atoms with E-state index >= 15 is 0 Å². The molecule has 0 saturated carbocycles. The van der Waals surface area contributed by atoms with E-state index in [0.29, 0.717) is 26.3 Å². The zero-order chi connectivity index (χ0) is 19.6. The molecule has 7 nitrogen and oxygen atoms in total. The fourth-order valence-electron chi connectivity index (χ4n) is 2.42. The Morgan fingerprint density at radius 1 is 1.22 bits per heavy atom. The van der Waals surface area contributed by atoms with Crippen LogP contribution in [0.4, 0.5) is 0 Å². The van der Waals surface area contributed by atoms with Crippen molar-refractivity contribution in [2.75, 3.05) is 6.54 Å². The highest BCUT2D eigenvalue weighted by Crippen LogP contribution is 2.33. The highest BCUT2D eigenvalue weighted by atomic mass is 32.2. The first-order valence-corrected chi connectivity index (χ1v) is 8.98. The Hall–Kier alpha value is -2.91. The number of thioether (sulfide) groups is 1. The van der Waals surface area contributed by atoms with Crippen LogP contribution in [0.15, 0.2) is 45.7 Å². The van der Waals surface area contributed by atoms with Crippen molar-refractivity contribution in [1.82, 2.24) is 4.90 Å². The summed E-state index contributed by atoms with van der Waals surface area (Å²) in [4.78, 5) is 35.7. The third kappa shape index (κ3) is 4.26. The molecule has 138 valence electrons. The second-order valence-electron chi connectivity index (χ2n) is 5.57. The van der Waals surface area contributed by atoms with Gasteiger partial charge in [-0.25, -0.2) is 4.79 Å². The lowest BCUT2D eigenvalue weighted by molar-refractivity contribution is -0.137. The zero-order valence-electron chi connectivity index (χ0n) is 13.7. The maximum atomic E-state index is 12.4. The van der Waals surface area contributed by atoms with E-state index in [0.717, 1.165) is 11.8 Å². The molecular formula is C18H13NO6S2. The number of nitrogens with zero attached hydrogens (tertiary/aromatic N) is 1. The highest BCUT2D eigenvalue weighted by molar-refractivity contribution is 8.26. The van der Waals surface area contributed by atoms with Crippen molar-refractivity contribution >= 4 is 52.2 Å². The molecule has 27 heavy (non-hydrogen) atoms. The van der Waals surface area contributed by atoms with Gasteiger partial charge < -0.3 is 14.6 Å². The van der Waals surface area contributed by atoms with E-state index in [4.69, 9.17) is 26.8 Å². The Morgan fingerprint density at radius 3 is 2.70 bits per heavy atom. The van der Waals surface area contributed by atoms with E-state index < -0.39 is 11.9 Å². The molecule has 1 aromatic heterocycles. The second-order valence-corrected chi connectivity index (χ2v) is 7.24. The lowest BCUT2D eigenvalue weighted by atomic mass is 10.1. The van der Waals surface area contributed by atoms with Crippen LogP contribution in [0.25, 0.3) is 17.4 Å². The topological polar surface area (TPSA) is 108 Å². The molecule has 0 bridgehead atoms. The third-order valence-electron chi connectivity index (χ3n) is 3.72. The van der Waals surface area contributed by atoms with Crippen LogP contribution in [0.5, 0.6) is 0 Å². The molecule has 1 amide bonds. The number of carbonyl (C=O) groups excluding carboxylic acids is 1. The van der Waals surface area contributed by atoms with E-state index in [1.54, 1.807) is 24.3 Å². The fourth-order valence-corrected chi connectivity index (χ4v) is 3.71. The summed E-state index contributed by atoms with van der Waals surface area (Å²) in [6.45, 7) is 0.0166. The number of amides is 1. The zero-order valence-corrected chi connectivity index (χ0v) is 15.4. The third-order valence-corrected chi connectivity index (χ3v) is 5.09. The number of furan rings is 1. The lowest BCUT2D eigenvalue weighted by Gasteiger charge is -2.12. The molecular weight excluding hydrogens is 390 g/mol. The Labute approximate surface area is 163 Å². The minimum Gasteiger partial charge on any atom is -0.481 e. The first-order chi connectivity index (χ1) is 12.8. The summed E-state index contributed by atoms with van der Waals surface area (Å²) in [5.41, 5.74) is 0.744. The number of carboxylic acids is 2. The molecule has 0 atom stereocenters. The van der Waals surface area contributed by atoms with Crippen LogP contribution in [0, 0.1) is 0 Å². The van der Waals surface area contributed by atoms with Gasteiger partial charge in [0.25, 0.3) is 5.91 Å². The Morgan fingerprint density at radius 2 is 2.00 bits per heavy atom. The van der Waals surface area contributed by atoms with Gasteiger partial charge in [-0.2, -0.15) is 0 Å². The van der Waals surface area contributed by atoms with Crippen LogP contribution >= 0.6 is 24.0 Å². The summed E-state index contributed by atoms with van der Waals surface area (Å²) in [5.74, 6) is -1.53. The molecule has 0 radical (unpaired) electrons. The van der Waals surface area contributed by atoms with E-state index in [1.165, 1.54) is 23.1 Å². The molecule has 3 rings (SSSR count). The summed E-state index contributed by atoms with van der Waals surface area (Å²) in [7, 11) is 0. The predicted molar refractivity (Wildman–Crippen MR) is 103 cm³/mol. The van der Waals surface area contributed by atoms with Gasteiger partial charge in [0, 0.05) is 18.2 Å². The number of rotatable bonds is 6. The number of hydrogen-bond donors (Lipinski definition) is 2. The molecule has 9 heteroatoms. The normalized spacial score (nSPS) is 15.6. The first kappa shape index (κ1) is 18.9. The van der Waals surface area contributed by atoms with Gasteiger partial charge in [0.2, 0.25) is 0 Å². The van der Waals surface area contributed by atoms with Crippen LogP contribution < -0.4 is 0 Å². The van der Waals surface area contributed by atoms with E-state index in [1.807, 2.05) is 0 Å². The number of carboxylic acid groups (broad SMARTS) is 2. The average molecular weight is 403 g/mol. The number of aliphatic carboxylic acids is 1. The molecule has 0 spiro atoms. The van der Waals surface area contributed by atoms with Gasteiger partial charge in [0.1, 0.15) is 15.8 Å². The van der Waals surface area contributed by atoms with E-state index in [2.05, 4.69) is 0 Å². The first-order valence-electron chi connectivity index (χ1n) is 7.76. The standard InChI is InChI=1S/C18H13NO6S2/c20-15(21)6-7-19-16(22)14(27-18(19)26)9-12-4-5-13(25-12)10-2-1-3-11(8-10)17(23)24/h1-5,8-9H,6-7H2,(H,20,21)(H,23,24)/b14-9-. The molecule has 0 unspecified atom stereocenters. The molecule has 1 fully saturated rings. The van der Waals surface area contributed by atoms with Crippen molar-refractivity contribution in [3.63, 3.8) is 0 Å². The van der Waals surface area contributed by atoms with Crippen molar-refractivity contribution in [3.05, 3.63) is 52.6 Å². The molecule has 2 aromatic rings. The van der Waals surface area contributed by atoms with Gasteiger partial charge in [0.15, 0.2) is 0 Å². The number of carbonyl (C=O) groups is 3. The summed E-state index contributed by atoms with van der Waals surface area (Å²) in [5, 5.41) is 17.8. The quantitative estimate of drug-likeness (QED) is 0.559. The summed E-state index contributed by atoms with van der Waals surface area (Å²) >= 11 is 6.21. The Balaban J connectivity index is 1.80. The maximum absolute atomic E-state index is 12.4. The molecule has 2 N–H and O–H groups in total. The van der Waals surface area contributed by atoms with Crippen LogP contribution in [0.3, 0.4) is 0 Å². The molecule has 1 aliphatic heterocycles. The van der Waals surface area contributed by atoms with Crippen molar-refractivity contribution in [3.8, 4) is 11.3 Å². The number of thiocarbonyl (C=S) groups is 1. The SMILES string of the molecule is O=C(O)CCN1C(=O)/C(=C/c2ccc(-c3cccc(C(=O)O)c3)o2)SC1=S. The molecule has 1 aromatic carbocycles. The number of aromatic carboxylic acids is 1. The van der Waals surface area contributed by atoms with Gasteiger partial charge in [-0.15, -0.1) is 0 Å². The smallest absolute Gasteiger partial charge is 0.335 e. The van der Waals surface area contributed by atoms with Crippen LogP contribution in [-0.2, 0) is 9.59 Å². The van der Waals surface area contributed by atoms with Crippen LogP contribution in [-0.4, -0.2) is 43.8 Å². The van der Waals surface area contributed by atoms with Crippen molar-refractivity contribution in [2.45, 2.75) is 6.42 Å². The van der Waals surface area contributed by atoms with Crippen LogP contribution in [0.2, 0.25) is 0 Å². The largest absolute Gasteiger partial charge is 0.481 e. The fraction of sp³-hybridized carbons (Fsp3) is 0.111. The second kappa shape index (κ2) is 7.77. The van der Waals surface area contributed by atoms with E-state index in [9.17, 15) is 14.4 Å². The highest BCUT2D eigenvalue weighted by Gasteiger charge is 2.32. The minimum absolute atomic E-state index is 0.0166. The molecule has 0 aliphatic carbocycles. The van der Waals surface area contributed by atoms with Gasteiger partial charge in [-0.3, -0.25) is 14.5 Å². The molecule has 2 heterocycles. The van der Waals surface area contributed by atoms with Crippen molar-refractivity contribution in [1.29, 1.82) is 0 Å². The molecule has 1 saturated heterocycles. The predicted octanol–water partition coefficient (Wildman–Crippen LogP) is 3.32. The summed E-state index contributed by atoms with van der Waals surface area (Å²) < 4.78 is 5.99. The van der Waals surface area contributed by atoms with Crippen molar-refractivity contribution in [2.24, 2.45) is 0 Å². The van der Waals surface area contributed by atoms with Crippen LogP contribution in [0.1, 0.15) is 22.5 Å². The molecule has 1 aliphatic rings. The van der Waals surface area contributed by atoms with Gasteiger partial charge >= 0.3 is 11.9 Å². The van der Waals surface area contributed by atoms with Gasteiger partial charge in [-0.05, 0) is 24.3 Å². The average Bonchev–Trinajstić information content (AvgIpc) is 3.19. The summed E-state index contributed by atoms with van der Waals surface area (Å²) in [6, 6.07) is 9.66. The minimum atomic E-state index is -1.03. The Kier molecular flexibility index (Phi) is 5.43. The van der Waals surface area contributed by atoms with Gasteiger partial charge in [-0.1, -0.05) is 36.1 Å². The maximum Gasteiger partial charge on any atom is 0.335 e. The van der Waals surface area contributed by atoms with E-state index in [-0.39, 0.29) is 24.4 Å². The Bertz CT molecular complexity index is 978. The van der Waals surface area contributed by atoms with Gasteiger partial charge in [0.05, 0.1) is 16.9 Å². The lowest BCUT2D eigenvalue weighted by Crippen LogP contribution is -2.30.